The number of imide groups is 1. The van der Waals surface area contributed by atoms with Crippen LogP contribution in [-0.4, -0.2) is 23.8 Å². The van der Waals surface area contributed by atoms with E-state index in [1.165, 1.54) is 22.5 Å². The average Bonchev–Trinajstić information content (AvgIpc) is 3.42. The van der Waals surface area contributed by atoms with Crippen LogP contribution in [0.4, 0.5) is 5.69 Å². The third kappa shape index (κ3) is 3.13. The number of anilines is 1. The minimum absolute atomic E-state index is 0.0800. The summed E-state index contributed by atoms with van der Waals surface area (Å²) in [5.74, 6) is 0.378. The van der Waals surface area contributed by atoms with E-state index in [9.17, 15) is 9.59 Å². The van der Waals surface area contributed by atoms with E-state index in [1.807, 2.05) is 29.6 Å². The van der Waals surface area contributed by atoms with E-state index in [0.29, 0.717) is 22.8 Å². The Labute approximate surface area is 159 Å². The third-order valence-corrected chi connectivity index (χ3v) is 5.08. The van der Waals surface area contributed by atoms with Crippen LogP contribution in [0.1, 0.15) is 10.6 Å². The molecule has 0 radical (unpaired) electrons. The molecule has 0 bridgehead atoms. The van der Waals surface area contributed by atoms with Gasteiger partial charge in [-0.1, -0.05) is 18.2 Å². The summed E-state index contributed by atoms with van der Waals surface area (Å²) in [6.07, 6.45) is 1.52. The van der Waals surface area contributed by atoms with Gasteiger partial charge in [-0.2, -0.15) is 0 Å². The molecule has 0 saturated heterocycles. The number of ether oxygens (including phenoxy) is 1. The summed E-state index contributed by atoms with van der Waals surface area (Å²) in [5.41, 5.74) is 1.20. The van der Waals surface area contributed by atoms with E-state index in [4.69, 9.17) is 9.15 Å². The smallest absolute Gasteiger partial charge is 0.278 e. The maximum absolute atomic E-state index is 13.1. The van der Waals surface area contributed by atoms with Gasteiger partial charge in [-0.3, -0.25) is 14.5 Å². The Balaban J connectivity index is 1.74. The number of methoxy groups -OCH3 is 1. The Kier molecular flexibility index (Phi) is 4.52. The zero-order valence-electron chi connectivity index (χ0n) is 14.5. The van der Waals surface area contributed by atoms with E-state index in [1.54, 1.807) is 31.4 Å². The number of nitrogens with one attached hydrogen (secondary N) is 1. The molecule has 4 rings (SSSR count). The Hall–Kier alpha value is -3.32. The molecule has 3 aromatic rings. The monoisotopic (exact) mass is 380 g/mol. The molecule has 0 unspecified atom stereocenters. The van der Waals surface area contributed by atoms with Gasteiger partial charge in [-0.05, 0) is 35.7 Å². The molecule has 27 heavy (non-hydrogen) atoms. The van der Waals surface area contributed by atoms with Gasteiger partial charge in [0.15, 0.2) is 0 Å². The second-order valence-electron chi connectivity index (χ2n) is 5.83. The van der Waals surface area contributed by atoms with Crippen molar-refractivity contribution < 1.29 is 18.7 Å². The molecule has 0 saturated carbocycles. The van der Waals surface area contributed by atoms with E-state index >= 15 is 0 Å². The molecule has 3 heterocycles. The van der Waals surface area contributed by atoms with Gasteiger partial charge in [0.2, 0.25) is 0 Å². The first-order valence-corrected chi connectivity index (χ1v) is 9.13. The predicted octanol–water partition coefficient (Wildman–Crippen LogP) is 3.74. The summed E-state index contributed by atoms with van der Waals surface area (Å²) in [6, 6.07) is 14.4. The zero-order valence-corrected chi connectivity index (χ0v) is 15.3. The molecule has 0 aliphatic carbocycles. The highest BCUT2D eigenvalue weighted by molar-refractivity contribution is 7.11. The lowest BCUT2D eigenvalue weighted by Crippen LogP contribution is -2.31. The van der Waals surface area contributed by atoms with Crippen molar-refractivity contribution in [3.05, 3.63) is 76.5 Å². The lowest BCUT2D eigenvalue weighted by Gasteiger charge is -2.14. The summed E-state index contributed by atoms with van der Waals surface area (Å²) >= 11 is 1.41. The number of benzene rings is 1. The molecule has 1 aliphatic rings. The highest BCUT2D eigenvalue weighted by Crippen LogP contribution is 2.35. The number of furan rings is 1. The fourth-order valence-corrected chi connectivity index (χ4v) is 3.69. The second-order valence-corrected chi connectivity index (χ2v) is 6.78. The van der Waals surface area contributed by atoms with Crippen molar-refractivity contribution in [2.45, 2.75) is 6.54 Å². The van der Waals surface area contributed by atoms with E-state index in [2.05, 4.69) is 5.32 Å². The molecular formula is C20H16N2O4S. The standard InChI is InChI=1S/C20H16N2O4S/c1-25-15-8-3-2-7-14(15)21-18-17(16-9-5-11-27-16)19(23)22(20(18)24)12-13-6-4-10-26-13/h2-11,21H,12H2,1H3. The normalized spacial score (nSPS) is 14.2. The average molecular weight is 380 g/mol. The van der Waals surface area contributed by atoms with Gasteiger partial charge in [-0.15, -0.1) is 11.3 Å². The summed E-state index contributed by atoms with van der Waals surface area (Å²) < 4.78 is 10.7. The van der Waals surface area contributed by atoms with Crippen LogP contribution in [0.3, 0.4) is 0 Å². The van der Waals surface area contributed by atoms with Crippen LogP contribution in [0.5, 0.6) is 5.75 Å². The van der Waals surface area contributed by atoms with E-state index < -0.39 is 5.91 Å². The van der Waals surface area contributed by atoms with Crippen LogP contribution in [-0.2, 0) is 16.1 Å². The molecular weight excluding hydrogens is 364 g/mol. The maximum Gasteiger partial charge on any atom is 0.278 e. The molecule has 1 N–H and O–H groups in total. The molecule has 2 amide bonds. The summed E-state index contributed by atoms with van der Waals surface area (Å²) in [4.78, 5) is 28.0. The van der Waals surface area contributed by atoms with E-state index in [-0.39, 0.29) is 18.1 Å². The van der Waals surface area contributed by atoms with Crippen LogP contribution in [0.15, 0.2) is 70.3 Å². The van der Waals surface area contributed by atoms with Gasteiger partial charge in [0, 0.05) is 4.88 Å². The number of para-hydroxylation sites is 2. The number of rotatable bonds is 6. The minimum Gasteiger partial charge on any atom is -0.495 e. The van der Waals surface area contributed by atoms with Gasteiger partial charge in [0.05, 0.1) is 31.2 Å². The quantitative estimate of drug-likeness (QED) is 0.660. The van der Waals surface area contributed by atoms with Gasteiger partial charge < -0.3 is 14.5 Å². The number of carbonyl (C=O) groups excluding carboxylic acids is 2. The second kappa shape index (κ2) is 7.13. The lowest BCUT2D eigenvalue weighted by atomic mass is 10.2. The van der Waals surface area contributed by atoms with Crippen LogP contribution < -0.4 is 10.1 Å². The van der Waals surface area contributed by atoms with Crippen LogP contribution in [0.2, 0.25) is 0 Å². The Morgan fingerprint density at radius 3 is 2.63 bits per heavy atom. The van der Waals surface area contributed by atoms with Gasteiger partial charge in [0.25, 0.3) is 11.8 Å². The van der Waals surface area contributed by atoms with Crippen molar-refractivity contribution >= 4 is 34.4 Å². The van der Waals surface area contributed by atoms with Crippen molar-refractivity contribution in [3.8, 4) is 5.75 Å². The number of hydrogen-bond acceptors (Lipinski definition) is 6. The third-order valence-electron chi connectivity index (χ3n) is 4.20. The predicted molar refractivity (Wildman–Crippen MR) is 102 cm³/mol. The number of nitrogens with zero attached hydrogens (tertiary/aromatic N) is 1. The maximum atomic E-state index is 13.1. The Bertz CT molecular complexity index is 1010. The fraction of sp³-hybridized carbons (Fsp3) is 0.100. The lowest BCUT2D eigenvalue weighted by molar-refractivity contribution is -0.137. The van der Waals surface area contributed by atoms with Crippen LogP contribution >= 0.6 is 11.3 Å². The van der Waals surface area contributed by atoms with Crippen molar-refractivity contribution in [2.24, 2.45) is 0 Å². The first-order chi connectivity index (χ1) is 13.2. The molecule has 1 aromatic carbocycles. The van der Waals surface area contributed by atoms with Crippen molar-refractivity contribution in [2.75, 3.05) is 12.4 Å². The molecule has 136 valence electrons. The van der Waals surface area contributed by atoms with Gasteiger partial charge in [0.1, 0.15) is 17.2 Å². The number of thiophene rings is 1. The summed E-state index contributed by atoms with van der Waals surface area (Å²) in [6.45, 7) is 0.0800. The Morgan fingerprint density at radius 1 is 1.07 bits per heavy atom. The van der Waals surface area contributed by atoms with Crippen LogP contribution in [0, 0.1) is 0 Å². The molecule has 0 fully saturated rings. The number of amides is 2. The van der Waals surface area contributed by atoms with Crippen molar-refractivity contribution in [1.82, 2.24) is 4.90 Å². The fourth-order valence-electron chi connectivity index (χ4n) is 2.93. The van der Waals surface area contributed by atoms with Crippen molar-refractivity contribution in [3.63, 3.8) is 0 Å². The van der Waals surface area contributed by atoms with Gasteiger partial charge >= 0.3 is 0 Å². The first-order valence-electron chi connectivity index (χ1n) is 8.26. The Morgan fingerprint density at radius 2 is 1.93 bits per heavy atom. The highest BCUT2D eigenvalue weighted by Gasteiger charge is 2.40. The van der Waals surface area contributed by atoms with Gasteiger partial charge in [-0.25, -0.2) is 0 Å². The highest BCUT2D eigenvalue weighted by atomic mass is 32.1. The first kappa shape index (κ1) is 17.1. The molecule has 0 atom stereocenters. The zero-order chi connectivity index (χ0) is 18.8. The van der Waals surface area contributed by atoms with Crippen molar-refractivity contribution in [1.29, 1.82) is 0 Å². The number of hydrogen-bond donors (Lipinski definition) is 1. The molecule has 6 nitrogen and oxygen atoms in total. The van der Waals surface area contributed by atoms with E-state index in [0.717, 1.165) is 4.88 Å². The molecule has 7 heteroatoms. The number of carbonyl (C=O) groups is 2. The minimum atomic E-state index is -0.397. The molecule has 0 spiro atoms. The molecule has 1 aliphatic heterocycles. The SMILES string of the molecule is COc1ccccc1NC1=C(c2cccs2)C(=O)N(Cc2ccco2)C1=O. The van der Waals surface area contributed by atoms with Crippen LogP contribution in [0.25, 0.3) is 5.57 Å². The summed E-state index contributed by atoms with van der Waals surface area (Å²) in [7, 11) is 1.56. The summed E-state index contributed by atoms with van der Waals surface area (Å²) in [5, 5.41) is 4.98. The topological polar surface area (TPSA) is 71.8 Å². The largest absolute Gasteiger partial charge is 0.495 e. The molecule has 2 aromatic heterocycles.